The molecule has 222 valence electrons. The molecule has 4 aromatic rings. The lowest BCUT2D eigenvalue weighted by atomic mass is 9.80. The second kappa shape index (κ2) is 14.4. The number of carbonyl (C=O) groups is 2. The van der Waals surface area contributed by atoms with Crippen LogP contribution in [-0.4, -0.2) is 51.8 Å². The summed E-state index contributed by atoms with van der Waals surface area (Å²) in [6, 6.07) is 24.1. The molecule has 1 heterocycles. The number of hydrogen-bond acceptors (Lipinski definition) is 9. The number of ether oxygens (including phenoxy) is 3. The van der Waals surface area contributed by atoms with Crippen LogP contribution >= 0.6 is 0 Å². The van der Waals surface area contributed by atoms with Gasteiger partial charge < -0.3 is 19.3 Å². The summed E-state index contributed by atoms with van der Waals surface area (Å²) in [6.07, 6.45) is 3.42. The monoisotopic (exact) mass is 581 g/mol. The Labute approximate surface area is 250 Å². The van der Waals surface area contributed by atoms with Gasteiger partial charge in [-0.05, 0) is 50.7 Å². The molecule has 3 aromatic carbocycles. The van der Waals surface area contributed by atoms with Gasteiger partial charge in [0.05, 0.1) is 18.1 Å². The van der Waals surface area contributed by atoms with Crippen molar-refractivity contribution in [3.8, 4) is 45.7 Å². The summed E-state index contributed by atoms with van der Waals surface area (Å²) in [5, 5.41) is 10.9. The predicted octanol–water partition coefficient (Wildman–Crippen LogP) is 6.26. The number of nitrogens with zero attached hydrogens (tertiary/aromatic N) is 3. The van der Waals surface area contributed by atoms with Gasteiger partial charge in [0.1, 0.15) is 24.7 Å². The molecule has 1 aliphatic rings. The van der Waals surface area contributed by atoms with E-state index in [4.69, 9.17) is 14.2 Å². The van der Waals surface area contributed by atoms with Crippen LogP contribution in [-0.2, 0) is 19.1 Å². The molecule has 0 atom stereocenters. The minimum Gasteiger partial charge on any atom is -0.507 e. The zero-order valence-corrected chi connectivity index (χ0v) is 24.1. The molecule has 0 amide bonds. The quantitative estimate of drug-likeness (QED) is 0.162. The van der Waals surface area contributed by atoms with Crippen LogP contribution in [0.25, 0.3) is 34.2 Å². The number of esters is 2. The van der Waals surface area contributed by atoms with E-state index in [2.05, 4.69) is 15.0 Å². The topological polar surface area (TPSA) is 121 Å². The lowest BCUT2D eigenvalue weighted by molar-refractivity contribution is -0.149. The van der Waals surface area contributed by atoms with Gasteiger partial charge in [-0.15, -0.1) is 0 Å². The third-order valence-electron chi connectivity index (χ3n) is 7.45. The summed E-state index contributed by atoms with van der Waals surface area (Å²) in [6.45, 7) is 2.43. The van der Waals surface area contributed by atoms with Gasteiger partial charge in [0.25, 0.3) is 0 Å². The van der Waals surface area contributed by atoms with Crippen molar-refractivity contribution in [1.82, 2.24) is 15.0 Å². The Kier molecular flexibility index (Phi) is 9.94. The van der Waals surface area contributed by atoms with Crippen LogP contribution in [0, 0.1) is 11.8 Å². The molecule has 1 aromatic heterocycles. The highest BCUT2D eigenvalue weighted by Gasteiger charge is 2.28. The lowest BCUT2D eigenvalue weighted by Crippen LogP contribution is -2.25. The van der Waals surface area contributed by atoms with E-state index in [9.17, 15) is 14.7 Å². The van der Waals surface area contributed by atoms with E-state index in [0.717, 1.165) is 36.8 Å². The van der Waals surface area contributed by atoms with Crippen molar-refractivity contribution in [3.05, 3.63) is 78.9 Å². The second-order valence-corrected chi connectivity index (χ2v) is 10.5. The van der Waals surface area contributed by atoms with E-state index in [1.807, 2.05) is 67.6 Å². The van der Waals surface area contributed by atoms with E-state index >= 15 is 0 Å². The van der Waals surface area contributed by atoms with E-state index in [-0.39, 0.29) is 42.7 Å². The molecule has 9 heteroatoms. The van der Waals surface area contributed by atoms with Crippen molar-refractivity contribution < 1.29 is 28.9 Å². The largest absolute Gasteiger partial charge is 0.507 e. The van der Waals surface area contributed by atoms with E-state index in [1.165, 1.54) is 6.07 Å². The third-order valence-corrected chi connectivity index (χ3v) is 7.45. The zero-order valence-electron chi connectivity index (χ0n) is 24.1. The number of benzene rings is 3. The summed E-state index contributed by atoms with van der Waals surface area (Å²) >= 11 is 0. The normalized spacial score (nSPS) is 16.3. The number of phenolic OH excluding ortho intramolecular Hbond substituents is 1. The van der Waals surface area contributed by atoms with Crippen molar-refractivity contribution in [2.75, 3.05) is 19.8 Å². The predicted molar refractivity (Wildman–Crippen MR) is 161 cm³/mol. The van der Waals surface area contributed by atoms with Gasteiger partial charge in [-0.2, -0.15) is 0 Å². The maximum Gasteiger partial charge on any atom is 0.308 e. The van der Waals surface area contributed by atoms with Gasteiger partial charge in [0, 0.05) is 23.6 Å². The van der Waals surface area contributed by atoms with Crippen LogP contribution in [0.1, 0.15) is 39.0 Å². The summed E-state index contributed by atoms with van der Waals surface area (Å²) in [4.78, 5) is 38.2. The van der Waals surface area contributed by atoms with E-state index in [1.54, 1.807) is 12.1 Å². The van der Waals surface area contributed by atoms with Crippen molar-refractivity contribution in [2.45, 2.75) is 39.0 Å². The average molecular weight is 582 g/mol. The Morgan fingerprint density at radius 3 is 1.95 bits per heavy atom. The molecule has 0 unspecified atom stereocenters. The fourth-order valence-electron chi connectivity index (χ4n) is 5.19. The highest BCUT2D eigenvalue weighted by atomic mass is 16.6. The van der Waals surface area contributed by atoms with Gasteiger partial charge in [-0.1, -0.05) is 60.7 Å². The summed E-state index contributed by atoms with van der Waals surface area (Å²) < 4.78 is 16.2. The smallest absolute Gasteiger partial charge is 0.308 e. The molecule has 1 fully saturated rings. The van der Waals surface area contributed by atoms with Crippen LogP contribution in [0.2, 0.25) is 0 Å². The summed E-state index contributed by atoms with van der Waals surface area (Å²) in [5.41, 5.74) is 2.11. The molecule has 1 saturated carbocycles. The molecule has 5 rings (SSSR count). The summed E-state index contributed by atoms with van der Waals surface area (Å²) in [7, 11) is 0. The number of phenols is 1. The molecule has 9 nitrogen and oxygen atoms in total. The molecular formula is C34H35N3O6. The van der Waals surface area contributed by atoms with Crippen molar-refractivity contribution >= 4 is 11.9 Å². The van der Waals surface area contributed by atoms with Gasteiger partial charge in [-0.3, -0.25) is 9.59 Å². The minimum absolute atomic E-state index is 0.0443. The Bertz CT molecular complexity index is 1460. The Morgan fingerprint density at radius 2 is 1.37 bits per heavy atom. The van der Waals surface area contributed by atoms with E-state index in [0.29, 0.717) is 41.8 Å². The van der Waals surface area contributed by atoms with Crippen LogP contribution < -0.4 is 4.74 Å². The Morgan fingerprint density at radius 1 is 0.767 bits per heavy atom. The molecule has 0 bridgehead atoms. The van der Waals surface area contributed by atoms with Crippen LogP contribution in [0.5, 0.6) is 11.5 Å². The highest BCUT2D eigenvalue weighted by Crippen LogP contribution is 2.33. The molecule has 43 heavy (non-hydrogen) atoms. The van der Waals surface area contributed by atoms with Gasteiger partial charge in [0.15, 0.2) is 17.5 Å². The molecule has 1 aliphatic carbocycles. The van der Waals surface area contributed by atoms with Gasteiger partial charge in [0.2, 0.25) is 0 Å². The van der Waals surface area contributed by atoms with Crippen molar-refractivity contribution in [2.24, 2.45) is 11.8 Å². The highest BCUT2D eigenvalue weighted by molar-refractivity contribution is 5.73. The average Bonchev–Trinajstić information content (AvgIpc) is 3.04. The molecule has 1 N–H and O–H groups in total. The minimum atomic E-state index is -0.278. The molecule has 0 aliphatic heterocycles. The van der Waals surface area contributed by atoms with Crippen molar-refractivity contribution in [3.63, 3.8) is 0 Å². The van der Waals surface area contributed by atoms with Crippen molar-refractivity contribution in [1.29, 1.82) is 0 Å². The number of aromatic hydroxyl groups is 1. The van der Waals surface area contributed by atoms with E-state index < -0.39 is 0 Å². The number of rotatable bonds is 11. The molecule has 0 spiro atoms. The maximum absolute atomic E-state index is 12.3. The first-order valence-electron chi connectivity index (χ1n) is 14.7. The van der Waals surface area contributed by atoms with Crippen LogP contribution in [0.3, 0.4) is 0 Å². The standard InChI is InChI=1S/C34H35N3O6/c1-2-41-34(40)26-15-13-23(14-16-26)21-30(39)43-20-19-42-27-17-18-28(29(38)22-27)33-36-31(24-9-5-3-6-10-24)35-32(37-33)25-11-7-4-8-12-25/h3-12,17-18,22-23,26,38H,2,13-16,19-21H2,1H3. The fraction of sp³-hybridized carbons (Fsp3) is 0.324. The van der Waals surface area contributed by atoms with Gasteiger partial charge >= 0.3 is 11.9 Å². The van der Waals surface area contributed by atoms with Crippen LogP contribution in [0.15, 0.2) is 78.9 Å². The Balaban J connectivity index is 1.17. The summed E-state index contributed by atoms with van der Waals surface area (Å²) in [5.74, 6) is 1.45. The first-order chi connectivity index (χ1) is 21.0. The first-order valence-corrected chi connectivity index (χ1v) is 14.7. The Hall–Kier alpha value is -4.79. The number of carbonyl (C=O) groups excluding carboxylic acids is 2. The third kappa shape index (κ3) is 7.94. The van der Waals surface area contributed by atoms with Crippen LogP contribution in [0.4, 0.5) is 0 Å². The van der Waals surface area contributed by atoms with Gasteiger partial charge in [-0.25, -0.2) is 15.0 Å². The number of aromatic nitrogens is 3. The molecular weight excluding hydrogens is 546 g/mol. The first kappa shape index (κ1) is 29.7. The zero-order chi connectivity index (χ0) is 30.0. The number of hydrogen-bond donors (Lipinski definition) is 1. The molecule has 0 radical (unpaired) electrons. The lowest BCUT2D eigenvalue weighted by Gasteiger charge is -2.26. The maximum atomic E-state index is 12.3. The fourth-order valence-corrected chi connectivity index (χ4v) is 5.19. The molecule has 0 saturated heterocycles. The second-order valence-electron chi connectivity index (χ2n) is 10.5. The SMILES string of the molecule is CCOC(=O)C1CCC(CC(=O)OCCOc2ccc(-c3nc(-c4ccccc4)nc(-c4ccccc4)n3)c(O)c2)CC1.